The molecule has 0 spiro atoms. The van der Waals surface area contributed by atoms with E-state index in [0.29, 0.717) is 11.9 Å². The van der Waals surface area contributed by atoms with Gasteiger partial charge in [0.05, 0.1) is 0 Å². The van der Waals surface area contributed by atoms with E-state index < -0.39 is 0 Å². The van der Waals surface area contributed by atoms with Crippen LogP contribution in [0.15, 0.2) is 12.2 Å². The fraction of sp³-hybridized carbons (Fsp3) is 0.812. The van der Waals surface area contributed by atoms with Gasteiger partial charge in [0.2, 0.25) is 5.91 Å². The highest BCUT2D eigenvalue weighted by molar-refractivity contribution is 5.79. The van der Waals surface area contributed by atoms with Crippen LogP contribution in [0.3, 0.4) is 0 Å². The molecule has 2 rings (SSSR count). The summed E-state index contributed by atoms with van der Waals surface area (Å²) in [5.41, 5.74) is 0. The number of rotatable bonds is 6. The highest BCUT2D eigenvalue weighted by Crippen LogP contribution is 2.21. The lowest BCUT2D eigenvalue weighted by atomic mass is 9.93. The second-order valence-corrected chi connectivity index (χ2v) is 5.91. The Morgan fingerprint density at radius 2 is 2.26 bits per heavy atom. The number of nitrogens with one attached hydrogen (secondary N) is 1. The molecule has 3 nitrogen and oxygen atoms in total. The molecule has 1 N–H and O–H groups in total. The summed E-state index contributed by atoms with van der Waals surface area (Å²) in [4.78, 5) is 14.8. The van der Waals surface area contributed by atoms with Crippen LogP contribution in [-0.2, 0) is 4.79 Å². The SMILES string of the molecule is CCCCN(CC1CCCN1)C(=O)C1CC=CCC1. The Morgan fingerprint density at radius 3 is 2.89 bits per heavy atom. The van der Waals surface area contributed by atoms with Crippen LogP contribution < -0.4 is 5.32 Å². The van der Waals surface area contributed by atoms with E-state index in [1.807, 2.05) is 0 Å². The fourth-order valence-corrected chi connectivity index (χ4v) is 3.10. The van der Waals surface area contributed by atoms with Crippen LogP contribution in [0.25, 0.3) is 0 Å². The number of hydrogen-bond acceptors (Lipinski definition) is 2. The molecule has 108 valence electrons. The van der Waals surface area contributed by atoms with Crippen molar-refractivity contribution in [2.24, 2.45) is 5.92 Å². The fourth-order valence-electron chi connectivity index (χ4n) is 3.10. The van der Waals surface area contributed by atoms with E-state index in [-0.39, 0.29) is 5.92 Å². The first-order valence-electron chi connectivity index (χ1n) is 7.98. The molecule has 1 aliphatic heterocycles. The van der Waals surface area contributed by atoms with E-state index in [1.165, 1.54) is 12.8 Å². The van der Waals surface area contributed by atoms with Crippen molar-refractivity contribution >= 4 is 5.91 Å². The standard InChI is InChI=1S/C16H28N2O/c1-2-3-12-18(13-15-10-7-11-17-15)16(19)14-8-5-4-6-9-14/h4-5,14-15,17H,2-3,6-13H2,1H3. The third-order valence-corrected chi connectivity index (χ3v) is 4.31. The summed E-state index contributed by atoms with van der Waals surface area (Å²) in [6.45, 7) is 5.17. The molecule has 1 amide bonds. The van der Waals surface area contributed by atoms with Gasteiger partial charge in [-0.1, -0.05) is 25.5 Å². The molecule has 0 radical (unpaired) electrons. The highest BCUT2D eigenvalue weighted by Gasteiger charge is 2.26. The maximum absolute atomic E-state index is 12.7. The molecule has 1 heterocycles. The second-order valence-electron chi connectivity index (χ2n) is 5.91. The first kappa shape index (κ1) is 14.6. The van der Waals surface area contributed by atoms with Crippen molar-refractivity contribution in [2.45, 2.75) is 57.9 Å². The maximum Gasteiger partial charge on any atom is 0.226 e. The lowest BCUT2D eigenvalue weighted by Crippen LogP contribution is -2.44. The summed E-state index contributed by atoms with van der Waals surface area (Å²) >= 11 is 0. The molecule has 19 heavy (non-hydrogen) atoms. The molecular weight excluding hydrogens is 236 g/mol. The zero-order valence-electron chi connectivity index (χ0n) is 12.2. The average molecular weight is 264 g/mol. The molecule has 1 fully saturated rings. The smallest absolute Gasteiger partial charge is 0.226 e. The Bertz CT molecular complexity index is 308. The second kappa shape index (κ2) is 7.68. The third-order valence-electron chi connectivity index (χ3n) is 4.31. The van der Waals surface area contributed by atoms with Gasteiger partial charge in [-0.15, -0.1) is 0 Å². The molecule has 0 saturated carbocycles. The van der Waals surface area contributed by atoms with Gasteiger partial charge in [0.15, 0.2) is 0 Å². The first-order valence-corrected chi connectivity index (χ1v) is 7.98. The van der Waals surface area contributed by atoms with Crippen molar-refractivity contribution in [2.75, 3.05) is 19.6 Å². The van der Waals surface area contributed by atoms with Gasteiger partial charge < -0.3 is 10.2 Å². The van der Waals surface area contributed by atoms with Crippen LogP contribution in [0, 0.1) is 5.92 Å². The van der Waals surface area contributed by atoms with Gasteiger partial charge in [-0.05, 0) is 45.1 Å². The van der Waals surface area contributed by atoms with Gasteiger partial charge in [0.1, 0.15) is 0 Å². The number of nitrogens with zero attached hydrogens (tertiary/aromatic N) is 1. The van der Waals surface area contributed by atoms with E-state index in [2.05, 4.69) is 29.3 Å². The Labute approximate surface area is 117 Å². The summed E-state index contributed by atoms with van der Waals surface area (Å²) in [6.07, 6.45) is 12.2. The number of hydrogen-bond donors (Lipinski definition) is 1. The topological polar surface area (TPSA) is 32.3 Å². The normalized spacial score (nSPS) is 26.6. The minimum atomic E-state index is 0.239. The van der Waals surface area contributed by atoms with Gasteiger partial charge >= 0.3 is 0 Å². The Morgan fingerprint density at radius 1 is 1.37 bits per heavy atom. The first-order chi connectivity index (χ1) is 9.31. The van der Waals surface area contributed by atoms with Gasteiger partial charge in [-0.2, -0.15) is 0 Å². The predicted octanol–water partition coefficient (Wildman–Crippen LogP) is 2.72. The zero-order chi connectivity index (χ0) is 13.5. The molecule has 3 heteroatoms. The lowest BCUT2D eigenvalue weighted by molar-refractivity contribution is -0.136. The quantitative estimate of drug-likeness (QED) is 0.748. The molecule has 0 bridgehead atoms. The summed E-state index contributed by atoms with van der Waals surface area (Å²) in [5.74, 6) is 0.634. The molecule has 1 saturated heterocycles. The van der Waals surface area contributed by atoms with E-state index in [4.69, 9.17) is 0 Å². The van der Waals surface area contributed by atoms with Crippen LogP contribution in [0.1, 0.15) is 51.9 Å². The number of allylic oxidation sites excluding steroid dienone is 2. The van der Waals surface area contributed by atoms with Crippen LogP contribution in [0.4, 0.5) is 0 Å². The number of unbranched alkanes of at least 4 members (excludes halogenated alkanes) is 1. The highest BCUT2D eigenvalue weighted by atomic mass is 16.2. The van der Waals surface area contributed by atoms with Crippen molar-refractivity contribution < 1.29 is 4.79 Å². The molecular formula is C16H28N2O. The number of amides is 1. The van der Waals surface area contributed by atoms with Crippen molar-refractivity contribution in [3.8, 4) is 0 Å². The van der Waals surface area contributed by atoms with Gasteiger partial charge in [-0.3, -0.25) is 4.79 Å². The molecule has 1 aliphatic carbocycles. The van der Waals surface area contributed by atoms with E-state index in [9.17, 15) is 4.79 Å². The number of carbonyl (C=O) groups is 1. The van der Waals surface area contributed by atoms with Crippen LogP contribution in [-0.4, -0.2) is 36.5 Å². The van der Waals surface area contributed by atoms with Crippen LogP contribution in [0.5, 0.6) is 0 Å². The van der Waals surface area contributed by atoms with Crippen LogP contribution in [0.2, 0.25) is 0 Å². The number of carbonyl (C=O) groups excluding carboxylic acids is 1. The summed E-state index contributed by atoms with van der Waals surface area (Å²) < 4.78 is 0. The van der Waals surface area contributed by atoms with Gasteiger partial charge in [-0.25, -0.2) is 0 Å². The largest absolute Gasteiger partial charge is 0.341 e. The molecule has 0 aromatic heterocycles. The summed E-state index contributed by atoms with van der Waals surface area (Å²) in [5, 5.41) is 3.51. The Hall–Kier alpha value is -0.830. The van der Waals surface area contributed by atoms with E-state index in [1.54, 1.807) is 0 Å². The molecule has 2 unspecified atom stereocenters. The van der Waals surface area contributed by atoms with Crippen molar-refractivity contribution in [1.29, 1.82) is 0 Å². The molecule has 2 aliphatic rings. The Kier molecular flexibility index (Phi) is 5.90. The minimum Gasteiger partial charge on any atom is -0.341 e. The zero-order valence-corrected chi connectivity index (χ0v) is 12.2. The third kappa shape index (κ3) is 4.34. The summed E-state index contributed by atoms with van der Waals surface area (Å²) in [6, 6.07) is 0.528. The minimum absolute atomic E-state index is 0.239. The van der Waals surface area contributed by atoms with Gasteiger partial charge in [0.25, 0.3) is 0 Å². The molecule has 0 aromatic rings. The molecule has 0 aromatic carbocycles. The average Bonchev–Trinajstić information content (AvgIpc) is 2.96. The predicted molar refractivity (Wildman–Crippen MR) is 79.0 cm³/mol. The summed E-state index contributed by atoms with van der Waals surface area (Å²) in [7, 11) is 0. The van der Waals surface area contributed by atoms with Crippen molar-refractivity contribution in [3.63, 3.8) is 0 Å². The van der Waals surface area contributed by atoms with Gasteiger partial charge in [0, 0.05) is 25.0 Å². The van der Waals surface area contributed by atoms with Crippen molar-refractivity contribution in [1.82, 2.24) is 10.2 Å². The molecule has 2 atom stereocenters. The Balaban J connectivity index is 1.90. The maximum atomic E-state index is 12.7. The monoisotopic (exact) mass is 264 g/mol. The van der Waals surface area contributed by atoms with E-state index in [0.717, 1.165) is 51.7 Å². The van der Waals surface area contributed by atoms with E-state index >= 15 is 0 Å². The van der Waals surface area contributed by atoms with Crippen LogP contribution >= 0.6 is 0 Å². The van der Waals surface area contributed by atoms with Crippen molar-refractivity contribution in [3.05, 3.63) is 12.2 Å². The lowest BCUT2D eigenvalue weighted by Gasteiger charge is -2.30.